The van der Waals surface area contributed by atoms with Gasteiger partial charge < -0.3 is 19.5 Å². The lowest BCUT2D eigenvalue weighted by Gasteiger charge is -2.18. The highest BCUT2D eigenvalue weighted by Gasteiger charge is 2.07. The Bertz CT molecular complexity index is 679. The summed E-state index contributed by atoms with van der Waals surface area (Å²) < 4.78 is 5.19. The van der Waals surface area contributed by atoms with Crippen LogP contribution in [0.4, 0.5) is 0 Å². The van der Waals surface area contributed by atoms with Gasteiger partial charge in [-0.1, -0.05) is 0 Å². The summed E-state index contributed by atoms with van der Waals surface area (Å²) in [5.41, 5.74) is 1.58. The van der Waals surface area contributed by atoms with E-state index in [-0.39, 0.29) is 5.56 Å². The number of ether oxygens (including phenoxy) is 1. The Hall–Kier alpha value is -1.85. The molecular weight excluding hydrogens is 278 g/mol. The zero-order valence-electron chi connectivity index (χ0n) is 13.8. The second kappa shape index (κ2) is 7.42. The zero-order valence-corrected chi connectivity index (χ0v) is 13.8. The molecule has 1 N–H and O–H groups in total. The number of nitrogens with zero attached hydrogens (tertiary/aromatic N) is 2. The molecule has 0 fully saturated rings. The first-order chi connectivity index (χ1) is 10.5. The van der Waals surface area contributed by atoms with E-state index >= 15 is 0 Å². The third-order valence-corrected chi connectivity index (χ3v) is 3.72. The van der Waals surface area contributed by atoms with E-state index in [0.29, 0.717) is 6.54 Å². The van der Waals surface area contributed by atoms with E-state index in [1.165, 1.54) is 0 Å². The van der Waals surface area contributed by atoms with Gasteiger partial charge in [-0.25, -0.2) is 0 Å². The third-order valence-electron chi connectivity index (χ3n) is 3.72. The van der Waals surface area contributed by atoms with Crippen molar-refractivity contribution in [2.45, 2.75) is 13.0 Å². The van der Waals surface area contributed by atoms with Gasteiger partial charge in [-0.2, -0.15) is 0 Å². The van der Waals surface area contributed by atoms with Crippen molar-refractivity contribution in [1.82, 2.24) is 14.8 Å². The maximum absolute atomic E-state index is 12.2. The van der Waals surface area contributed by atoms with Crippen LogP contribution in [0.2, 0.25) is 0 Å². The van der Waals surface area contributed by atoms with Crippen molar-refractivity contribution in [3.05, 3.63) is 40.2 Å². The molecule has 5 heteroatoms. The quantitative estimate of drug-likeness (QED) is 0.849. The number of hydrogen-bond acceptors (Lipinski definition) is 4. The molecule has 0 atom stereocenters. The molecule has 0 aliphatic heterocycles. The minimum Gasteiger partial charge on any atom is -0.497 e. The second-order valence-electron chi connectivity index (χ2n) is 5.97. The Morgan fingerprint density at radius 3 is 2.59 bits per heavy atom. The Labute approximate surface area is 131 Å². The average Bonchev–Trinajstić information content (AvgIpc) is 2.47. The van der Waals surface area contributed by atoms with Crippen molar-refractivity contribution >= 4 is 10.9 Å². The maximum atomic E-state index is 12.2. The molecule has 0 bridgehead atoms. The predicted octanol–water partition coefficient (Wildman–Crippen LogP) is 1.92. The molecule has 5 nitrogen and oxygen atoms in total. The first-order valence-electron chi connectivity index (χ1n) is 7.53. The molecule has 1 aromatic carbocycles. The van der Waals surface area contributed by atoms with E-state index < -0.39 is 0 Å². The number of aromatic nitrogens is 1. The molecule has 120 valence electrons. The molecular formula is C17H25N3O2. The van der Waals surface area contributed by atoms with Gasteiger partial charge in [0.1, 0.15) is 5.75 Å². The summed E-state index contributed by atoms with van der Waals surface area (Å²) in [5.74, 6) is 0.747. The lowest BCUT2D eigenvalue weighted by molar-refractivity contribution is 0.294. The Kier molecular flexibility index (Phi) is 5.57. The van der Waals surface area contributed by atoms with Crippen LogP contribution in [0.25, 0.3) is 10.9 Å². The van der Waals surface area contributed by atoms with Gasteiger partial charge in [-0.3, -0.25) is 4.79 Å². The summed E-state index contributed by atoms with van der Waals surface area (Å²) in [4.78, 5) is 19.5. The molecule has 0 aliphatic carbocycles. The van der Waals surface area contributed by atoms with Gasteiger partial charge in [0.2, 0.25) is 0 Å². The number of methoxy groups -OCH3 is 1. The van der Waals surface area contributed by atoms with E-state index in [2.05, 4.69) is 28.9 Å². The van der Waals surface area contributed by atoms with Crippen LogP contribution in [0, 0.1) is 0 Å². The van der Waals surface area contributed by atoms with Crippen LogP contribution in [0.1, 0.15) is 12.0 Å². The topological polar surface area (TPSA) is 48.6 Å². The fourth-order valence-electron chi connectivity index (χ4n) is 2.50. The van der Waals surface area contributed by atoms with E-state index in [0.717, 1.165) is 41.7 Å². The predicted molar refractivity (Wildman–Crippen MR) is 90.6 cm³/mol. The van der Waals surface area contributed by atoms with Gasteiger partial charge >= 0.3 is 0 Å². The summed E-state index contributed by atoms with van der Waals surface area (Å²) in [6.07, 6.45) is 1.09. The molecule has 0 saturated carbocycles. The van der Waals surface area contributed by atoms with Crippen molar-refractivity contribution in [3.8, 4) is 5.75 Å². The first-order valence-corrected chi connectivity index (χ1v) is 7.53. The van der Waals surface area contributed by atoms with Crippen LogP contribution >= 0.6 is 0 Å². The van der Waals surface area contributed by atoms with Gasteiger partial charge in [0.05, 0.1) is 12.6 Å². The molecule has 0 amide bonds. The lowest BCUT2D eigenvalue weighted by atomic mass is 10.1. The first kappa shape index (κ1) is 16.5. The number of pyridine rings is 1. The number of fused-ring (bicyclic) bond motifs is 1. The number of hydrogen-bond donors (Lipinski definition) is 1. The van der Waals surface area contributed by atoms with Crippen molar-refractivity contribution < 1.29 is 4.74 Å². The van der Waals surface area contributed by atoms with Gasteiger partial charge in [0, 0.05) is 18.2 Å². The fraction of sp³-hybridized carbons (Fsp3) is 0.471. The monoisotopic (exact) mass is 303 g/mol. The van der Waals surface area contributed by atoms with E-state index in [4.69, 9.17) is 4.74 Å². The van der Waals surface area contributed by atoms with Crippen LogP contribution in [-0.4, -0.2) is 56.1 Å². The fourth-order valence-corrected chi connectivity index (χ4v) is 2.50. The number of H-pyrrole nitrogens is 1. The van der Waals surface area contributed by atoms with Crippen LogP contribution in [0.15, 0.2) is 29.1 Å². The number of aromatic amines is 1. The molecule has 0 radical (unpaired) electrons. The highest BCUT2D eigenvalue weighted by atomic mass is 16.5. The average molecular weight is 303 g/mol. The number of benzene rings is 1. The molecule has 2 aromatic rings. The Morgan fingerprint density at radius 2 is 1.91 bits per heavy atom. The minimum atomic E-state index is -0.0276. The number of rotatable bonds is 7. The zero-order chi connectivity index (χ0) is 16.1. The lowest BCUT2D eigenvalue weighted by Crippen LogP contribution is -2.26. The van der Waals surface area contributed by atoms with Crippen LogP contribution in [0.5, 0.6) is 5.75 Å². The molecule has 0 unspecified atom stereocenters. The largest absolute Gasteiger partial charge is 0.497 e. The molecule has 0 spiro atoms. The van der Waals surface area contributed by atoms with Gasteiger partial charge in [0.25, 0.3) is 5.56 Å². The molecule has 1 aromatic heterocycles. The SMILES string of the molecule is COc1ccc2cc(CN(C)CCCN(C)C)c(=O)[nH]c2c1. The summed E-state index contributed by atoms with van der Waals surface area (Å²) in [5, 5.41) is 1.03. The van der Waals surface area contributed by atoms with E-state index in [1.807, 2.05) is 31.3 Å². The second-order valence-corrected chi connectivity index (χ2v) is 5.97. The molecule has 22 heavy (non-hydrogen) atoms. The standard InChI is InChI=1S/C17H25N3O2/c1-19(2)8-5-9-20(3)12-14-10-13-6-7-15(22-4)11-16(13)18-17(14)21/h6-7,10-11H,5,8-9,12H2,1-4H3,(H,18,21). The van der Waals surface area contributed by atoms with E-state index in [1.54, 1.807) is 7.11 Å². The van der Waals surface area contributed by atoms with Crippen molar-refractivity contribution in [2.24, 2.45) is 0 Å². The number of nitrogens with one attached hydrogen (secondary N) is 1. The van der Waals surface area contributed by atoms with Gasteiger partial charge in [-0.05, 0) is 64.2 Å². The molecule has 0 aliphatic rings. The Balaban J connectivity index is 2.11. The van der Waals surface area contributed by atoms with Crippen LogP contribution in [0.3, 0.4) is 0 Å². The summed E-state index contributed by atoms with van der Waals surface area (Å²) in [6, 6.07) is 7.70. The van der Waals surface area contributed by atoms with Crippen molar-refractivity contribution in [1.29, 1.82) is 0 Å². The summed E-state index contributed by atoms with van der Waals surface area (Å²) in [6.45, 7) is 2.68. The van der Waals surface area contributed by atoms with Crippen molar-refractivity contribution in [2.75, 3.05) is 41.3 Å². The summed E-state index contributed by atoms with van der Waals surface area (Å²) in [7, 11) is 7.81. The minimum absolute atomic E-state index is 0.0276. The third kappa shape index (κ3) is 4.32. The van der Waals surface area contributed by atoms with Gasteiger partial charge in [-0.15, -0.1) is 0 Å². The normalized spacial score (nSPS) is 11.5. The highest BCUT2D eigenvalue weighted by molar-refractivity contribution is 5.80. The van der Waals surface area contributed by atoms with Gasteiger partial charge in [0.15, 0.2) is 0 Å². The molecule has 2 rings (SSSR count). The van der Waals surface area contributed by atoms with Crippen LogP contribution < -0.4 is 10.3 Å². The summed E-state index contributed by atoms with van der Waals surface area (Å²) >= 11 is 0. The maximum Gasteiger partial charge on any atom is 0.252 e. The van der Waals surface area contributed by atoms with Crippen LogP contribution in [-0.2, 0) is 6.54 Å². The highest BCUT2D eigenvalue weighted by Crippen LogP contribution is 2.18. The van der Waals surface area contributed by atoms with E-state index in [9.17, 15) is 4.79 Å². The molecule has 0 saturated heterocycles. The Morgan fingerprint density at radius 1 is 1.14 bits per heavy atom. The smallest absolute Gasteiger partial charge is 0.252 e. The van der Waals surface area contributed by atoms with Crippen molar-refractivity contribution in [3.63, 3.8) is 0 Å². The molecule has 1 heterocycles.